The summed E-state index contributed by atoms with van der Waals surface area (Å²) in [5, 5.41) is 7.91. The van der Waals surface area contributed by atoms with Crippen molar-refractivity contribution in [3.05, 3.63) is 76.9 Å². The number of aryl methyl sites for hydroxylation is 1. The van der Waals surface area contributed by atoms with Crippen molar-refractivity contribution in [1.82, 2.24) is 14.8 Å². The molecule has 30 heavy (non-hydrogen) atoms. The molecule has 9 heteroatoms. The van der Waals surface area contributed by atoms with Crippen molar-refractivity contribution >= 4 is 34.2 Å². The summed E-state index contributed by atoms with van der Waals surface area (Å²) in [5.74, 6) is -0.411. The fourth-order valence-corrected chi connectivity index (χ4v) is 3.24. The second-order valence-corrected chi connectivity index (χ2v) is 7.04. The average Bonchev–Trinajstić information content (AvgIpc) is 3.07. The average molecular weight is 431 g/mol. The van der Waals surface area contributed by atoms with Gasteiger partial charge in [-0.25, -0.2) is 4.98 Å². The molecule has 0 fully saturated rings. The number of hydrogen-bond acceptors (Lipinski definition) is 3. The monoisotopic (exact) mass is 430 g/mol. The van der Waals surface area contributed by atoms with Crippen LogP contribution in [0.15, 0.2) is 60.8 Å². The van der Waals surface area contributed by atoms with Gasteiger partial charge in [0.25, 0.3) is 5.91 Å². The molecule has 2 aromatic carbocycles. The number of fused-ring (bicyclic) bond motifs is 1. The molecule has 0 unspecified atom stereocenters. The molecule has 5 nitrogen and oxygen atoms in total. The number of benzene rings is 2. The Morgan fingerprint density at radius 1 is 1.10 bits per heavy atom. The zero-order valence-corrected chi connectivity index (χ0v) is 16.3. The number of carbonyl (C=O) groups excluding carboxylic acids is 1. The highest BCUT2D eigenvalue weighted by Crippen LogP contribution is 2.31. The normalized spacial score (nSPS) is 11.6. The van der Waals surface area contributed by atoms with Crippen molar-refractivity contribution in [2.75, 3.05) is 5.32 Å². The van der Waals surface area contributed by atoms with Gasteiger partial charge < -0.3 is 5.32 Å². The topological polar surface area (TPSA) is 59.8 Å². The summed E-state index contributed by atoms with van der Waals surface area (Å²) in [6.07, 6.45) is -2.91. The van der Waals surface area contributed by atoms with Crippen LogP contribution < -0.4 is 5.32 Å². The minimum Gasteiger partial charge on any atom is -0.322 e. The Kier molecular flexibility index (Phi) is 4.95. The number of hydrogen-bond donors (Lipinski definition) is 1. The molecule has 4 rings (SSSR count). The number of alkyl halides is 3. The van der Waals surface area contributed by atoms with E-state index in [4.69, 9.17) is 11.6 Å². The SMILES string of the molecule is Cn1ncc2c(C(=O)Nc3cccc(Cl)c3)cc(-c3ccc(C(F)(F)F)cc3)nc21. The van der Waals surface area contributed by atoms with Crippen LogP contribution in [0.5, 0.6) is 0 Å². The van der Waals surface area contributed by atoms with E-state index in [2.05, 4.69) is 15.4 Å². The van der Waals surface area contributed by atoms with Crippen molar-refractivity contribution in [3.63, 3.8) is 0 Å². The van der Waals surface area contributed by atoms with Crippen LogP contribution in [0.25, 0.3) is 22.3 Å². The Labute approximate surface area is 174 Å². The number of pyridine rings is 1. The largest absolute Gasteiger partial charge is 0.416 e. The molecule has 152 valence electrons. The molecule has 2 aromatic heterocycles. The van der Waals surface area contributed by atoms with Crippen LogP contribution in [0, 0.1) is 0 Å². The van der Waals surface area contributed by atoms with Gasteiger partial charge in [0.2, 0.25) is 0 Å². The molecule has 0 saturated heterocycles. The van der Waals surface area contributed by atoms with E-state index < -0.39 is 17.6 Å². The Bertz CT molecular complexity index is 1250. The highest BCUT2D eigenvalue weighted by atomic mass is 35.5. The van der Waals surface area contributed by atoms with Gasteiger partial charge in [0.1, 0.15) is 0 Å². The first-order valence-electron chi connectivity index (χ1n) is 8.80. The minimum atomic E-state index is -4.43. The van der Waals surface area contributed by atoms with Crippen molar-refractivity contribution in [2.24, 2.45) is 7.05 Å². The molecule has 0 spiro atoms. The predicted molar refractivity (Wildman–Crippen MR) is 108 cm³/mol. The highest BCUT2D eigenvalue weighted by Gasteiger charge is 2.30. The van der Waals surface area contributed by atoms with E-state index in [9.17, 15) is 18.0 Å². The summed E-state index contributed by atoms with van der Waals surface area (Å²) < 4.78 is 40.1. The number of carbonyl (C=O) groups is 1. The maximum absolute atomic E-state index is 12.9. The van der Waals surface area contributed by atoms with Crippen LogP contribution in [-0.2, 0) is 13.2 Å². The molecule has 1 N–H and O–H groups in total. The molecular weight excluding hydrogens is 417 g/mol. The quantitative estimate of drug-likeness (QED) is 0.463. The van der Waals surface area contributed by atoms with E-state index in [1.807, 2.05) is 0 Å². The summed E-state index contributed by atoms with van der Waals surface area (Å²) in [7, 11) is 1.67. The van der Waals surface area contributed by atoms with Gasteiger partial charge in [-0.05, 0) is 36.4 Å². The Hall–Kier alpha value is -3.39. The van der Waals surface area contributed by atoms with E-state index in [0.29, 0.717) is 38.6 Å². The molecule has 0 radical (unpaired) electrons. The zero-order valence-electron chi connectivity index (χ0n) is 15.5. The van der Waals surface area contributed by atoms with Gasteiger partial charge in [-0.3, -0.25) is 9.48 Å². The van der Waals surface area contributed by atoms with Crippen molar-refractivity contribution in [3.8, 4) is 11.3 Å². The van der Waals surface area contributed by atoms with Gasteiger partial charge in [-0.1, -0.05) is 29.8 Å². The predicted octanol–water partition coefficient (Wildman–Crippen LogP) is 5.56. The molecule has 1 amide bonds. The molecule has 0 aliphatic rings. The first kappa shape index (κ1) is 19.9. The van der Waals surface area contributed by atoms with E-state index in [0.717, 1.165) is 12.1 Å². The molecule has 0 aliphatic carbocycles. The second kappa shape index (κ2) is 7.46. The lowest BCUT2D eigenvalue weighted by molar-refractivity contribution is -0.137. The summed E-state index contributed by atoms with van der Waals surface area (Å²) in [5.41, 5.74) is 1.29. The zero-order chi connectivity index (χ0) is 21.5. The van der Waals surface area contributed by atoms with Crippen LogP contribution in [0.4, 0.5) is 18.9 Å². The lowest BCUT2D eigenvalue weighted by Crippen LogP contribution is -2.13. The first-order chi connectivity index (χ1) is 14.2. The Morgan fingerprint density at radius 2 is 1.83 bits per heavy atom. The number of nitrogens with one attached hydrogen (secondary N) is 1. The second-order valence-electron chi connectivity index (χ2n) is 6.60. The third kappa shape index (κ3) is 3.86. The molecular formula is C21H14ClF3N4O. The van der Waals surface area contributed by atoms with Gasteiger partial charge in [-0.2, -0.15) is 18.3 Å². The summed E-state index contributed by atoms with van der Waals surface area (Å²) in [4.78, 5) is 17.4. The van der Waals surface area contributed by atoms with Gasteiger partial charge in [0, 0.05) is 23.3 Å². The fraction of sp³-hybridized carbons (Fsp3) is 0.0952. The van der Waals surface area contributed by atoms with Crippen molar-refractivity contribution in [2.45, 2.75) is 6.18 Å². The van der Waals surface area contributed by atoms with Crippen LogP contribution in [0.1, 0.15) is 15.9 Å². The van der Waals surface area contributed by atoms with Gasteiger partial charge in [0.15, 0.2) is 5.65 Å². The minimum absolute atomic E-state index is 0.294. The lowest BCUT2D eigenvalue weighted by Gasteiger charge is -2.10. The maximum Gasteiger partial charge on any atom is 0.416 e. The fourth-order valence-electron chi connectivity index (χ4n) is 3.04. The van der Waals surface area contributed by atoms with E-state index >= 15 is 0 Å². The van der Waals surface area contributed by atoms with Crippen LogP contribution in [0.2, 0.25) is 5.02 Å². The number of amides is 1. The van der Waals surface area contributed by atoms with Crippen LogP contribution in [-0.4, -0.2) is 20.7 Å². The number of anilines is 1. The van der Waals surface area contributed by atoms with E-state index in [1.54, 1.807) is 31.3 Å². The van der Waals surface area contributed by atoms with Gasteiger partial charge >= 0.3 is 6.18 Å². The molecule has 0 bridgehead atoms. The van der Waals surface area contributed by atoms with Gasteiger partial charge in [-0.15, -0.1) is 0 Å². The standard InChI is InChI=1S/C21H14ClF3N4O/c1-29-19-17(11-26-29)16(20(30)27-15-4-2-3-14(22)9-15)10-18(28-19)12-5-7-13(8-6-12)21(23,24)25/h2-11H,1H3,(H,27,30). The molecule has 2 heterocycles. The molecule has 0 saturated carbocycles. The maximum atomic E-state index is 12.9. The highest BCUT2D eigenvalue weighted by molar-refractivity contribution is 6.31. The van der Waals surface area contributed by atoms with Crippen LogP contribution >= 0.6 is 11.6 Å². The summed E-state index contributed by atoms with van der Waals surface area (Å²) in [6, 6.07) is 12.8. The summed E-state index contributed by atoms with van der Waals surface area (Å²) in [6.45, 7) is 0. The smallest absolute Gasteiger partial charge is 0.322 e. The van der Waals surface area contributed by atoms with Crippen molar-refractivity contribution < 1.29 is 18.0 Å². The molecule has 0 atom stereocenters. The number of rotatable bonds is 3. The number of nitrogens with zero attached hydrogens (tertiary/aromatic N) is 3. The molecule has 0 aliphatic heterocycles. The molecule has 4 aromatic rings. The first-order valence-corrected chi connectivity index (χ1v) is 9.17. The summed E-state index contributed by atoms with van der Waals surface area (Å²) >= 11 is 5.97. The van der Waals surface area contributed by atoms with Crippen LogP contribution in [0.3, 0.4) is 0 Å². The number of aromatic nitrogens is 3. The third-order valence-electron chi connectivity index (χ3n) is 4.54. The number of halogens is 4. The van der Waals surface area contributed by atoms with E-state index in [-0.39, 0.29) is 0 Å². The van der Waals surface area contributed by atoms with E-state index in [1.165, 1.54) is 29.1 Å². The lowest BCUT2D eigenvalue weighted by atomic mass is 10.0. The third-order valence-corrected chi connectivity index (χ3v) is 4.78. The Morgan fingerprint density at radius 3 is 2.50 bits per heavy atom. The van der Waals surface area contributed by atoms with Crippen molar-refractivity contribution in [1.29, 1.82) is 0 Å². The van der Waals surface area contributed by atoms with Gasteiger partial charge in [0.05, 0.1) is 28.4 Å². The Balaban J connectivity index is 1.77.